The molecule has 1 aliphatic heterocycles. The number of anilines is 1. The topological polar surface area (TPSA) is 52.7 Å². The largest absolute Gasteiger partial charge is 0.339 e. The Kier molecular flexibility index (Phi) is 7.42. The molecule has 0 unspecified atom stereocenters. The predicted molar refractivity (Wildman–Crippen MR) is 117 cm³/mol. The van der Waals surface area contributed by atoms with Gasteiger partial charge in [0.05, 0.1) is 0 Å². The number of piperidine rings is 1. The van der Waals surface area contributed by atoms with Crippen molar-refractivity contribution < 1.29 is 9.59 Å². The number of likely N-dealkylation sites (tertiary alicyclic amines) is 1. The summed E-state index contributed by atoms with van der Waals surface area (Å²) < 4.78 is 0. The third-order valence-electron chi connectivity index (χ3n) is 5.70. The van der Waals surface area contributed by atoms with Crippen LogP contribution in [0.5, 0.6) is 0 Å². The maximum atomic E-state index is 12.8. The molecular weight excluding hydrogens is 362 g/mol. The van der Waals surface area contributed by atoms with Gasteiger partial charge in [0.25, 0.3) is 5.91 Å². The van der Waals surface area contributed by atoms with Crippen molar-refractivity contribution in [1.29, 1.82) is 0 Å². The minimum Gasteiger partial charge on any atom is -0.339 e. The molecule has 5 nitrogen and oxygen atoms in total. The van der Waals surface area contributed by atoms with Crippen LogP contribution in [-0.2, 0) is 11.3 Å². The number of hydrogen-bond acceptors (Lipinski definition) is 3. The molecule has 3 rings (SSSR count). The lowest BCUT2D eigenvalue weighted by molar-refractivity contribution is -0.121. The summed E-state index contributed by atoms with van der Waals surface area (Å²) in [5.41, 5.74) is 2.77. The zero-order valence-corrected chi connectivity index (χ0v) is 17.4. The number of carbonyl (C=O) groups is 2. The zero-order chi connectivity index (χ0) is 20.6. The highest BCUT2D eigenvalue weighted by Gasteiger charge is 2.27. The minimum atomic E-state index is -0.0456. The molecule has 0 bridgehead atoms. The van der Waals surface area contributed by atoms with Crippen LogP contribution in [0.2, 0.25) is 0 Å². The van der Waals surface area contributed by atoms with E-state index < -0.39 is 0 Å². The zero-order valence-electron chi connectivity index (χ0n) is 17.4. The molecule has 1 heterocycles. The highest BCUT2D eigenvalue weighted by molar-refractivity contribution is 5.95. The molecule has 1 fully saturated rings. The Labute approximate surface area is 173 Å². The van der Waals surface area contributed by atoms with Gasteiger partial charge >= 0.3 is 0 Å². The van der Waals surface area contributed by atoms with Crippen molar-refractivity contribution in [3.63, 3.8) is 0 Å². The van der Waals surface area contributed by atoms with Crippen LogP contribution in [-0.4, -0.2) is 47.8 Å². The Morgan fingerprint density at radius 3 is 2.17 bits per heavy atom. The number of para-hydroxylation sites is 1. The first kappa shape index (κ1) is 21.1. The number of hydrogen-bond donors (Lipinski definition) is 1. The lowest BCUT2D eigenvalue weighted by Crippen LogP contribution is -2.41. The van der Waals surface area contributed by atoms with E-state index in [-0.39, 0.29) is 17.7 Å². The maximum Gasteiger partial charge on any atom is 0.253 e. The summed E-state index contributed by atoms with van der Waals surface area (Å²) >= 11 is 0. The van der Waals surface area contributed by atoms with E-state index in [1.807, 2.05) is 59.5 Å². The lowest BCUT2D eigenvalue weighted by Gasteiger charge is -2.31. The number of benzene rings is 2. The van der Waals surface area contributed by atoms with Crippen molar-refractivity contribution in [1.82, 2.24) is 9.80 Å². The van der Waals surface area contributed by atoms with Gasteiger partial charge in [0.15, 0.2) is 0 Å². The Morgan fingerprint density at radius 2 is 1.59 bits per heavy atom. The first-order valence-corrected chi connectivity index (χ1v) is 10.6. The molecule has 5 heteroatoms. The van der Waals surface area contributed by atoms with Crippen molar-refractivity contribution in [2.24, 2.45) is 5.92 Å². The standard InChI is InChI=1S/C24H31N3O2/c1-3-26(4-2)18-19-10-12-21(13-11-19)24(29)27-16-14-20(15-17-27)23(28)25-22-8-6-5-7-9-22/h5-13,20H,3-4,14-18H2,1-2H3,(H,25,28). The van der Waals surface area contributed by atoms with Crippen molar-refractivity contribution >= 4 is 17.5 Å². The molecule has 154 valence electrons. The summed E-state index contributed by atoms with van der Waals surface area (Å²) in [6.07, 6.45) is 1.40. The highest BCUT2D eigenvalue weighted by atomic mass is 16.2. The average molecular weight is 394 g/mol. The molecule has 1 saturated heterocycles. The summed E-state index contributed by atoms with van der Waals surface area (Å²) in [4.78, 5) is 29.5. The molecule has 2 aromatic carbocycles. The SMILES string of the molecule is CCN(CC)Cc1ccc(C(=O)N2CCC(C(=O)Nc3ccccc3)CC2)cc1. The van der Waals surface area contributed by atoms with E-state index in [9.17, 15) is 9.59 Å². The Bertz CT molecular complexity index is 793. The number of carbonyl (C=O) groups excluding carboxylic acids is 2. The van der Waals surface area contributed by atoms with Crippen LogP contribution in [0.4, 0.5) is 5.69 Å². The van der Waals surface area contributed by atoms with E-state index >= 15 is 0 Å². The summed E-state index contributed by atoms with van der Waals surface area (Å²) in [7, 11) is 0. The Balaban J connectivity index is 1.51. The van der Waals surface area contributed by atoms with E-state index in [1.54, 1.807) is 0 Å². The lowest BCUT2D eigenvalue weighted by atomic mass is 9.95. The van der Waals surface area contributed by atoms with Gasteiger partial charge in [-0.05, 0) is 55.8 Å². The third-order valence-corrected chi connectivity index (χ3v) is 5.70. The van der Waals surface area contributed by atoms with Crippen LogP contribution in [0.25, 0.3) is 0 Å². The van der Waals surface area contributed by atoms with Crippen molar-refractivity contribution in [3.8, 4) is 0 Å². The quantitative estimate of drug-likeness (QED) is 0.773. The molecule has 1 aliphatic rings. The van der Waals surface area contributed by atoms with Crippen LogP contribution in [0.1, 0.15) is 42.6 Å². The number of nitrogens with zero attached hydrogens (tertiary/aromatic N) is 2. The van der Waals surface area contributed by atoms with E-state index in [0.29, 0.717) is 25.9 Å². The molecule has 0 spiro atoms. The second-order valence-electron chi connectivity index (χ2n) is 7.58. The summed E-state index contributed by atoms with van der Waals surface area (Å²) in [5.74, 6) is 0.0565. The van der Waals surface area contributed by atoms with Crippen LogP contribution in [0.3, 0.4) is 0 Å². The van der Waals surface area contributed by atoms with Gasteiger partial charge in [-0.1, -0.05) is 44.2 Å². The highest BCUT2D eigenvalue weighted by Crippen LogP contribution is 2.21. The summed E-state index contributed by atoms with van der Waals surface area (Å²) in [5, 5.41) is 2.97. The molecular formula is C24H31N3O2. The van der Waals surface area contributed by atoms with Gasteiger partial charge in [-0.3, -0.25) is 14.5 Å². The van der Waals surface area contributed by atoms with Gasteiger partial charge < -0.3 is 10.2 Å². The van der Waals surface area contributed by atoms with Crippen LogP contribution in [0.15, 0.2) is 54.6 Å². The van der Waals surface area contributed by atoms with Crippen LogP contribution < -0.4 is 5.32 Å². The predicted octanol–water partition coefficient (Wildman–Crippen LogP) is 4.02. The van der Waals surface area contributed by atoms with Gasteiger partial charge in [-0.25, -0.2) is 0 Å². The van der Waals surface area contributed by atoms with Crippen LogP contribution >= 0.6 is 0 Å². The van der Waals surface area contributed by atoms with Gasteiger partial charge in [-0.2, -0.15) is 0 Å². The van der Waals surface area contributed by atoms with E-state index in [0.717, 1.165) is 30.9 Å². The van der Waals surface area contributed by atoms with Gasteiger partial charge in [0, 0.05) is 36.8 Å². The van der Waals surface area contributed by atoms with Gasteiger partial charge in [-0.15, -0.1) is 0 Å². The molecule has 2 aromatic rings. The molecule has 0 saturated carbocycles. The summed E-state index contributed by atoms with van der Waals surface area (Å²) in [6, 6.07) is 17.5. The second-order valence-corrected chi connectivity index (χ2v) is 7.58. The monoisotopic (exact) mass is 393 g/mol. The fourth-order valence-electron chi connectivity index (χ4n) is 3.75. The van der Waals surface area contributed by atoms with Gasteiger partial charge in [0.2, 0.25) is 5.91 Å². The summed E-state index contributed by atoms with van der Waals surface area (Å²) in [6.45, 7) is 8.49. The number of nitrogens with one attached hydrogen (secondary N) is 1. The molecule has 0 radical (unpaired) electrons. The minimum absolute atomic E-state index is 0.0454. The van der Waals surface area contributed by atoms with E-state index in [1.165, 1.54) is 5.56 Å². The van der Waals surface area contributed by atoms with Crippen molar-refractivity contribution in [2.45, 2.75) is 33.2 Å². The molecule has 29 heavy (non-hydrogen) atoms. The Morgan fingerprint density at radius 1 is 0.966 bits per heavy atom. The third kappa shape index (κ3) is 5.67. The van der Waals surface area contributed by atoms with Crippen LogP contribution in [0, 0.1) is 5.92 Å². The van der Waals surface area contributed by atoms with E-state index in [4.69, 9.17) is 0 Å². The van der Waals surface area contributed by atoms with Crippen molar-refractivity contribution in [3.05, 3.63) is 65.7 Å². The maximum absolute atomic E-state index is 12.8. The van der Waals surface area contributed by atoms with Gasteiger partial charge in [0.1, 0.15) is 0 Å². The fraction of sp³-hybridized carbons (Fsp3) is 0.417. The number of rotatable bonds is 7. The van der Waals surface area contributed by atoms with Crippen molar-refractivity contribution in [2.75, 3.05) is 31.5 Å². The normalized spacial score (nSPS) is 14.8. The molecule has 1 N–H and O–H groups in total. The first-order valence-electron chi connectivity index (χ1n) is 10.6. The second kappa shape index (κ2) is 10.2. The molecule has 0 aromatic heterocycles. The first-order chi connectivity index (χ1) is 14.1. The van der Waals surface area contributed by atoms with E-state index in [2.05, 4.69) is 24.1 Å². The average Bonchev–Trinajstić information content (AvgIpc) is 2.78. The number of amides is 2. The smallest absolute Gasteiger partial charge is 0.253 e. The molecule has 0 aliphatic carbocycles. The fourth-order valence-corrected chi connectivity index (χ4v) is 3.75. The molecule has 2 amide bonds. The Hall–Kier alpha value is -2.66. The molecule has 0 atom stereocenters.